The Hall–Kier alpha value is -2.88. The normalized spacial score (nSPS) is 17.2. The van der Waals surface area contributed by atoms with Crippen molar-refractivity contribution in [3.05, 3.63) is 78.4 Å². The maximum atomic E-state index is 12.9. The van der Waals surface area contributed by atoms with E-state index in [9.17, 15) is 9.59 Å². The Balaban J connectivity index is 1.67. The molecule has 0 aromatic heterocycles. The molecule has 0 spiro atoms. The molecule has 0 aliphatic carbocycles. The number of carbonyl (C=O) groups is 2. The molecular formula is C22H24N2O2. The van der Waals surface area contributed by atoms with Gasteiger partial charge >= 0.3 is 0 Å². The highest BCUT2D eigenvalue weighted by Crippen LogP contribution is 2.28. The van der Waals surface area contributed by atoms with Gasteiger partial charge in [0.1, 0.15) is 0 Å². The molecule has 26 heavy (non-hydrogen) atoms. The maximum Gasteiger partial charge on any atom is 0.253 e. The molecule has 1 aliphatic heterocycles. The van der Waals surface area contributed by atoms with Crippen LogP contribution < -0.4 is 5.32 Å². The molecule has 0 saturated carbocycles. The Labute approximate surface area is 154 Å². The summed E-state index contributed by atoms with van der Waals surface area (Å²) in [5, 5.41) is 2.70. The van der Waals surface area contributed by atoms with Gasteiger partial charge in [0.2, 0.25) is 5.91 Å². The third-order valence-corrected chi connectivity index (χ3v) is 4.85. The first-order valence-electron chi connectivity index (χ1n) is 9.05. The highest BCUT2D eigenvalue weighted by atomic mass is 16.2. The number of hydrogen-bond acceptors (Lipinski definition) is 2. The second-order valence-electron chi connectivity index (χ2n) is 6.60. The summed E-state index contributed by atoms with van der Waals surface area (Å²) in [6.45, 7) is 4.96. The zero-order valence-corrected chi connectivity index (χ0v) is 14.9. The molecule has 134 valence electrons. The minimum Gasteiger partial charge on any atom is -0.339 e. The average molecular weight is 348 g/mol. The molecule has 1 N–H and O–H groups in total. The summed E-state index contributed by atoms with van der Waals surface area (Å²) >= 11 is 0. The predicted molar refractivity (Wildman–Crippen MR) is 104 cm³/mol. The van der Waals surface area contributed by atoms with Crippen LogP contribution in [0.2, 0.25) is 0 Å². The molecule has 2 amide bonds. The zero-order chi connectivity index (χ0) is 18.4. The van der Waals surface area contributed by atoms with Crippen molar-refractivity contribution in [2.45, 2.75) is 25.2 Å². The molecule has 1 saturated heterocycles. The fourth-order valence-corrected chi connectivity index (χ4v) is 3.46. The van der Waals surface area contributed by atoms with E-state index in [2.05, 4.69) is 36.2 Å². The maximum absolute atomic E-state index is 12.9. The summed E-state index contributed by atoms with van der Waals surface area (Å²) < 4.78 is 0. The quantitative estimate of drug-likeness (QED) is 0.841. The first kappa shape index (κ1) is 17.9. The van der Waals surface area contributed by atoms with E-state index >= 15 is 0 Å². The SMILES string of the molecule is C=CC(=O)Nc1cccc(C(=O)N2CCCC(c3ccccc3)CC2)c1. The number of nitrogens with one attached hydrogen (secondary N) is 1. The van der Waals surface area contributed by atoms with Crippen molar-refractivity contribution in [1.29, 1.82) is 0 Å². The van der Waals surface area contributed by atoms with E-state index < -0.39 is 0 Å². The van der Waals surface area contributed by atoms with Gasteiger partial charge in [0, 0.05) is 24.3 Å². The molecule has 1 atom stereocenters. The number of nitrogens with zero attached hydrogens (tertiary/aromatic N) is 1. The number of rotatable bonds is 4. The van der Waals surface area contributed by atoms with E-state index in [0.29, 0.717) is 17.2 Å². The molecule has 2 aromatic rings. The van der Waals surface area contributed by atoms with Crippen LogP contribution in [0.1, 0.15) is 41.1 Å². The molecule has 2 aromatic carbocycles. The summed E-state index contributed by atoms with van der Waals surface area (Å²) in [6, 6.07) is 17.6. The van der Waals surface area contributed by atoms with Crippen LogP contribution in [0.4, 0.5) is 5.69 Å². The summed E-state index contributed by atoms with van der Waals surface area (Å²) in [7, 11) is 0. The smallest absolute Gasteiger partial charge is 0.253 e. The molecule has 3 rings (SSSR count). The lowest BCUT2D eigenvalue weighted by Gasteiger charge is -2.21. The highest BCUT2D eigenvalue weighted by Gasteiger charge is 2.22. The van der Waals surface area contributed by atoms with Gasteiger partial charge in [0.15, 0.2) is 0 Å². The first-order chi connectivity index (χ1) is 12.7. The molecule has 4 heteroatoms. The zero-order valence-electron chi connectivity index (χ0n) is 14.9. The van der Waals surface area contributed by atoms with Gasteiger partial charge in [0.05, 0.1) is 0 Å². The monoisotopic (exact) mass is 348 g/mol. The Morgan fingerprint density at radius 1 is 1.04 bits per heavy atom. The molecule has 1 unspecified atom stereocenters. The van der Waals surface area contributed by atoms with Gasteiger partial charge < -0.3 is 10.2 Å². The van der Waals surface area contributed by atoms with Gasteiger partial charge in [-0.25, -0.2) is 0 Å². The Bertz CT molecular complexity index is 786. The van der Waals surface area contributed by atoms with Gasteiger partial charge in [-0.3, -0.25) is 9.59 Å². The van der Waals surface area contributed by atoms with Gasteiger partial charge in [-0.2, -0.15) is 0 Å². The van der Waals surface area contributed by atoms with Crippen molar-refractivity contribution in [3.8, 4) is 0 Å². The van der Waals surface area contributed by atoms with Crippen LogP contribution in [0.25, 0.3) is 0 Å². The van der Waals surface area contributed by atoms with Crippen molar-refractivity contribution in [1.82, 2.24) is 4.90 Å². The van der Waals surface area contributed by atoms with E-state index in [-0.39, 0.29) is 11.8 Å². The number of amides is 2. The molecule has 1 fully saturated rings. The van der Waals surface area contributed by atoms with Gasteiger partial charge in [0.25, 0.3) is 5.91 Å². The number of hydrogen-bond donors (Lipinski definition) is 1. The van der Waals surface area contributed by atoms with Crippen molar-refractivity contribution in [3.63, 3.8) is 0 Å². The summed E-state index contributed by atoms with van der Waals surface area (Å²) in [6.07, 6.45) is 4.29. The summed E-state index contributed by atoms with van der Waals surface area (Å²) in [5.41, 5.74) is 2.57. The third-order valence-electron chi connectivity index (χ3n) is 4.85. The van der Waals surface area contributed by atoms with Gasteiger partial charge in [-0.15, -0.1) is 0 Å². The van der Waals surface area contributed by atoms with Crippen LogP contribution in [-0.4, -0.2) is 29.8 Å². The highest BCUT2D eigenvalue weighted by molar-refractivity contribution is 6.00. The van der Waals surface area contributed by atoms with Crippen LogP contribution in [0.5, 0.6) is 0 Å². The summed E-state index contributed by atoms with van der Waals surface area (Å²) in [5.74, 6) is 0.246. The van der Waals surface area contributed by atoms with Crippen LogP contribution in [0, 0.1) is 0 Å². The van der Waals surface area contributed by atoms with E-state index in [1.165, 1.54) is 11.6 Å². The first-order valence-corrected chi connectivity index (χ1v) is 9.05. The average Bonchev–Trinajstić information content (AvgIpc) is 2.94. The second kappa shape index (κ2) is 8.48. The Morgan fingerprint density at radius 2 is 1.85 bits per heavy atom. The van der Waals surface area contributed by atoms with E-state index in [1.807, 2.05) is 11.0 Å². The van der Waals surface area contributed by atoms with Crippen molar-refractivity contribution >= 4 is 17.5 Å². The van der Waals surface area contributed by atoms with Crippen LogP contribution >= 0.6 is 0 Å². The molecule has 0 bridgehead atoms. The Morgan fingerprint density at radius 3 is 2.62 bits per heavy atom. The second-order valence-corrected chi connectivity index (χ2v) is 6.60. The van der Waals surface area contributed by atoms with Gasteiger partial charge in [-0.05, 0) is 55.0 Å². The standard InChI is InChI=1S/C22H24N2O2/c1-2-21(25)23-20-12-6-10-19(16-20)22(26)24-14-7-11-18(13-15-24)17-8-4-3-5-9-17/h2-6,8-10,12,16,18H,1,7,11,13-15H2,(H,23,25). The summed E-state index contributed by atoms with van der Waals surface area (Å²) in [4.78, 5) is 26.3. The minimum atomic E-state index is -0.282. The number of anilines is 1. The largest absolute Gasteiger partial charge is 0.339 e. The lowest BCUT2D eigenvalue weighted by Crippen LogP contribution is -2.32. The number of carbonyl (C=O) groups excluding carboxylic acids is 2. The van der Waals surface area contributed by atoms with Crippen molar-refractivity contribution in [2.24, 2.45) is 0 Å². The lowest BCUT2D eigenvalue weighted by molar-refractivity contribution is -0.111. The number of benzene rings is 2. The van der Waals surface area contributed by atoms with Crippen molar-refractivity contribution in [2.75, 3.05) is 18.4 Å². The molecule has 1 heterocycles. The lowest BCUT2D eigenvalue weighted by atomic mass is 9.92. The fraction of sp³-hybridized carbons (Fsp3) is 0.273. The van der Waals surface area contributed by atoms with E-state index in [1.54, 1.807) is 24.3 Å². The molecule has 1 aliphatic rings. The third kappa shape index (κ3) is 4.39. The fourth-order valence-electron chi connectivity index (χ4n) is 3.46. The Kier molecular flexibility index (Phi) is 5.84. The molecule has 0 radical (unpaired) electrons. The van der Waals surface area contributed by atoms with Gasteiger partial charge in [-0.1, -0.05) is 43.0 Å². The van der Waals surface area contributed by atoms with Crippen LogP contribution in [0.3, 0.4) is 0 Å². The van der Waals surface area contributed by atoms with Crippen LogP contribution in [-0.2, 0) is 4.79 Å². The minimum absolute atomic E-state index is 0.0217. The molecule has 4 nitrogen and oxygen atoms in total. The number of likely N-dealkylation sites (tertiary alicyclic amines) is 1. The van der Waals surface area contributed by atoms with E-state index in [0.717, 1.165) is 32.4 Å². The molecular weight excluding hydrogens is 324 g/mol. The van der Waals surface area contributed by atoms with Crippen molar-refractivity contribution < 1.29 is 9.59 Å². The topological polar surface area (TPSA) is 49.4 Å². The van der Waals surface area contributed by atoms with Crippen LogP contribution in [0.15, 0.2) is 67.3 Å². The predicted octanol–water partition coefficient (Wildman–Crippen LogP) is 4.22. The van der Waals surface area contributed by atoms with E-state index in [4.69, 9.17) is 0 Å².